The number of carbonyl (C=O) groups excluding carboxylic acids is 2. The molecule has 35 heavy (non-hydrogen) atoms. The summed E-state index contributed by atoms with van der Waals surface area (Å²) in [5.74, 6) is -1.73. The van der Waals surface area contributed by atoms with Crippen molar-refractivity contribution in [1.29, 1.82) is 0 Å². The number of aryl methyl sites for hydroxylation is 1. The minimum atomic E-state index is -1.07. The van der Waals surface area contributed by atoms with E-state index in [1.165, 1.54) is 10.9 Å². The molecule has 0 bridgehead atoms. The highest BCUT2D eigenvalue weighted by molar-refractivity contribution is 6.03. The molecule has 3 N–H and O–H groups in total. The fourth-order valence-corrected chi connectivity index (χ4v) is 4.86. The number of benzene rings is 2. The van der Waals surface area contributed by atoms with Crippen molar-refractivity contribution in [3.8, 4) is 11.1 Å². The maximum absolute atomic E-state index is 12.8. The quantitative estimate of drug-likeness (QED) is 0.479. The average molecular weight is 475 g/mol. The van der Waals surface area contributed by atoms with Crippen LogP contribution < -0.4 is 10.6 Å². The number of nitrogens with zero attached hydrogens (tertiary/aromatic N) is 2. The molecule has 9 heteroatoms. The summed E-state index contributed by atoms with van der Waals surface area (Å²) in [5.41, 5.74) is 4.52. The van der Waals surface area contributed by atoms with Gasteiger partial charge >= 0.3 is 12.1 Å². The van der Waals surface area contributed by atoms with Gasteiger partial charge in [-0.2, -0.15) is 5.10 Å². The largest absolute Gasteiger partial charge is 0.480 e. The number of aliphatic carboxylic acids is 1. The number of carbonyl (C=O) groups is 3. The minimum Gasteiger partial charge on any atom is -0.480 e. The summed E-state index contributed by atoms with van der Waals surface area (Å²) in [6.07, 6.45) is 3.04. The number of anilines is 1. The molecular weight excluding hydrogens is 448 g/mol. The molecule has 0 aliphatic heterocycles. The van der Waals surface area contributed by atoms with Crippen molar-refractivity contribution in [3.63, 3.8) is 0 Å². The molecule has 1 aromatic heterocycles. The third-order valence-electron chi connectivity index (χ3n) is 6.92. The third-order valence-corrected chi connectivity index (χ3v) is 6.92. The molecule has 2 aliphatic carbocycles. The Morgan fingerprint density at radius 3 is 2.29 bits per heavy atom. The predicted octanol–water partition coefficient (Wildman–Crippen LogP) is 3.76. The van der Waals surface area contributed by atoms with Gasteiger partial charge in [0.1, 0.15) is 24.0 Å². The molecular formula is C26H26N4O5. The molecule has 180 valence electrons. The van der Waals surface area contributed by atoms with Crippen LogP contribution in [0, 0.1) is 5.92 Å². The molecule has 1 fully saturated rings. The molecule has 2 amide bonds. The van der Waals surface area contributed by atoms with Gasteiger partial charge in [0.05, 0.1) is 6.20 Å². The van der Waals surface area contributed by atoms with Gasteiger partial charge in [-0.05, 0) is 41.0 Å². The highest BCUT2D eigenvalue weighted by Crippen LogP contribution is 2.44. The number of carboxylic acids is 1. The summed E-state index contributed by atoms with van der Waals surface area (Å²) in [4.78, 5) is 37.2. The number of hydrogen-bond donors (Lipinski definition) is 3. The second-order valence-electron chi connectivity index (χ2n) is 8.96. The number of amides is 2. The second-order valence-corrected chi connectivity index (χ2v) is 8.96. The van der Waals surface area contributed by atoms with E-state index in [1.807, 2.05) is 36.4 Å². The van der Waals surface area contributed by atoms with Crippen LogP contribution in [0.4, 0.5) is 10.6 Å². The van der Waals surface area contributed by atoms with Gasteiger partial charge in [-0.25, -0.2) is 9.59 Å². The van der Waals surface area contributed by atoms with Crippen LogP contribution in [0.15, 0.2) is 54.7 Å². The number of nitrogens with one attached hydrogen (secondary N) is 2. The van der Waals surface area contributed by atoms with Crippen LogP contribution in [0.1, 0.15) is 46.7 Å². The van der Waals surface area contributed by atoms with E-state index in [4.69, 9.17) is 4.74 Å². The zero-order valence-corrected chi connectivity index (χ0v) is 19.2. The zero-order valence-electron chi connectivity index (χ0n) is 19.2. The molecule has 0 spiro atoms. The van der Waals surface area contributed by atoms with Gasteiger partial charge in [-0.15, -0.1) is 0 Å². The fourth-order valence-electron chi connectivity index (χ4n) is 4.86. The van der Waals surface area contributed by atoms with E-state index in [9.17, 15) is 19.5 Å². The number of ether oxygens (including phenoxy) is 1. The molecule has 0 radical (unpaired) electrons. The van der Waals surface area contributed by atoms with Gasteiger partial charge in [0.15, 0.2) is 0 Å². The Bertz CT molecular complexity index is 1250. The number of rotatable bonds is 7. The van der Waals surface area contributed by atoms with Gasteiger partial charge in [-0.3, -0.25) is 14.8 Å². The van der Waals surface area contributed by atoms with Crippen molar-refractivity contribution in [3.05, 3.63) is 71.4 Å². The second kappa shape index (κ2) is 9.25. The van der Waals surface area contributed by atoms with Crippen LogP contribution in [0.5, 0.6) is 0 Å². The van der Waals surface area contributed by atoms with Crippen molar-refractivity contribution in [2.45, 2.75) is 31.2 Å². The average Bonchev–Trinajstić information content (AvgIpc) is 3.34. The normalized spacial score (nSPS) is 15.5. The Balaban J connectivity index is 1.27. The summed E-state index contributed by atoms with van der Waals surface area (Å²) in [5, 5.41) is 18.7. The summed E-state index contributed by atoms with van der Waals surface area (Å²) in [6, 6.07) is 15.1. The molecule has 1 saturated carbocycles. The predicted molar refractivity (Wildman–Crippen MR) is 128 cm³/mol. The van der Waals surface area contributed by atoms with E-state index in [-0.39, 0.29) is 29.8 Å². The van der Waals surface area contributed by atoms with Crippen molar-refractivity contribution >= 4 is 23.8 Å². The number of carboxylic acid groups (broad SMARTS) is 1. The highest BCUT2D eigenvalue weighted by Gasteiger charge is 2.35. The lowest BCUT2D eigenvalue weighted by atomic mass is 9.79. The fraction of sp³-hybridized carbons (Fsp3) is 0.308. The number of aromatic nitrogens is 2. The van der Waals surface area contributed by atoms with Crippen molar-refractivity contribution < 1.29 is 24.2 Å². The first-order chi connectivity index (χ1) is 16.9. The molecule has 0 saturated heterocycles. The Morgan fingerprint density at radius 1 is 1.09 bits per heavy atom. The van der Waals surface area contributed by atoms with Gasteiger partial charge in [0.25, 0.3) is 5.91 Å². The first-order valence-corrected chi connectivity index (χ1v) is 11.6. The molecule has 9 nitrogen and oxygen atoms in total. The van der Waals surface area contributed by atoms with Crippen LogP contribution in [0.2, 0.25) is 0 Å². The Kier molecular flexibility index (Phi) is 5.98. The maximum Gasteiger partial charge on any atom is 0.412 e. The van der Waals surface area contributed by atoms with Crippen molar-refractivity contribution in [1.82, 2.24) is 15.1 Å². The van der Waals surface area contributed by atoms with Gasteiger partial charge in [0, 0.05) is 13.0 Å². The topological polar surface area (TPSA) is 123 Å². The first kappa shape index (κ1) is 22.6. The Labute approximate surface area is 202 Å². The zero-order chi connectivity index (χ0) is 24.5. The molecule has 1 heterocycles. The van der Waals surface area contributed by atoms with Crippen LogP contribution in [0.3, 0.4) is 0 Å². The SMILES string of the molecule is Cn1ncc(C(=O)NC(C(=O)O)C2CCC2)c1NC(=O)OCC1c2ccccc2-c2ccccc21. The summed E-state index contributed by atoms with van der Waals surface area (Å²) >= 11 is 0. The van der Waals surface area contributed by atoms with E-state index >= 15 is 0 Å². The molecule has 2 aliphatic rings. The first-order valence-electron chi connectivity index (χ1n) is 11.6. The monoisotopic (exact) mass is 474 g/mol. The lowest BCUT2D eigenvalue weighted by molar-refractivity contribution is -0.141. The van der Waals surface area contributed by atoms with Crippen molar-refractivity contribution in [2.75, 3.05) is 11.9 Å². The molecule has 1 unspecified atom stereocenters. The Hall–Kier alpha value is -4.14. The number of fused-ring (bicyclic) bond motifs is 3. The summed E-state index contributed by atoms with van der Waals surface area (Å²) in [7, 11) is 1.58. The minimum absolute atomic E-state index is 0.0755. The van der Waals surface area contributed by atoms with Gasteiger partial charge in [-0.1, -0.05) is 55.0 Å². The van der Waals surface area contributed by atoms with E-state index in [0.29, 0.717) is 0 Å². The summed E-state index contributed by atoms with van der Waals surface area (Å²) in [6.45, 7) is 0.127. The van der Waals surface area contributed by atoms with E-state index in [2.05, 4.69) is 27.9 Å². The van der Waals surface area contributed by atoms with E-state index in [0.717, 1.165) is 41.5 Å². The van der Waals surface area contributed by atoms with Crippen LogP contribution >= 0.6 is 0 Å². The van der Waals surface area contributed by atoms with E-state index < -0.39 is 24.0 Å². The molecule has 3 aromatic rings. The third kappa shape index (κ3) is 4.25. The maximum atomic E-state index is 12.8. The van der Waals surface area contributed by atoms with Crippen molar-refractivity contribution in [2.24, 2.45) is 13.0 Å². The highest BCUT2D eigenvalue weighted by atomic mass is 16.5. The smallest absolute Gasteiger partial charge is 0.412 e. The lowest BCUT2D eigenvalue weighted by Crippen LogP contribution is -2.48. The van der Waals surface area contributed by atoms with Gasteiger partial charge < -0.3 is 15.2 Å². The molecule has 5 rings (SSSR count). The summed E-state index contributed by atoms with van der Waals surface area (Å²) < 4.78 is 6.91. The van der Waals surface area contributed by atoms with Gasteiger partial charge in [0.2, 0.25) is 0 Å². The van der Waals surface area contributed by atoms with Crippen LogP contribution in [-0.2, 0) is 16.6 Å². The number of hydrogen-bond acceptors (Lipinski definition) is 5. The van der Waals surface area contributed by atoms with E-state index in [1.54, 1.807) is 7.05 Å². The lowest BCUT2D eigenvalue weighted by Gasteiger charge is -2.31. The molecule has 1 atom stereocenters. The van der Waals surface area contributed by atoms with Crippen LogP contribution in [-0.4, -0.2) is 45.5 Å². The standard InChI is InChI=1S/C26H26N4O5/c1-30-23(20(13-27-30)24(31)28-22(25(32)33)15-7-6-8-15)29-26(34)35-14-21-18-11-4-2-9-16(18)17-10-3-5-12-19(17)21/h2-5,9-13,15,21-22H,6-8,14H2,1H3,(H,28,31)(H,29,34)(H,32,33). The molecule has 2 aromatic carbocycles. The Morgan fingerprint density at radius 2 is 1.71 bits per heavy atom. The van der Waals surface area contributed by atoms with Crippen LogP contribution in [0.25, 0.3) is 11.1 Å².